The monoisotopic (exact) mass is 302 g/mol. The highest BCUT2D eigenvalue weighted by Crippen LogP contribution is 2.36. The molecule has 2 heterocycles. The fourth-order valence-corrected chi connectivity index (χ4v) is 3.80. The average Bonchev–Trinajstić information content (AvgIpc) is 2.92. The first-order valence-electron chi connectivity index (χ1n) is 7.89. The Hall–Kier alpha value is -1.49. The Kier molecular flexibility index (Phi) is 4.48. The van der Waals surface area contributed by atoms with Crippen LogP contribution in [0.1, 0.15) is 51.5 Å². The van der Waals surface area contributed by atoms with Gasteiger partial charge in [0.1, 0.15) is 5.69 Å². The molecule has 2 aromatic rings. The van der Waals surface area contributed by atoms with Crippen LogP contribution in [0.2, 0.25) is 0 Å². The molecule has 21 heavy (non-hydrogen) atoms. The first-order valence-corrected chi connectivity index (χ1v) is 8.30. The van der Waals surface area contributed by atoms with Crippen molar-refractivity contribution in [3.63, 3.8) is 0 Å². The van der Waals surface area contributed by atoms with Gasteiger partial charge in [0.2, 0.25) is 0 Å². The summed E-state index contributed by atoms with van der Waals surface area (Å²) < 4.78 is 2.92. The van der Waals surface area contributed by atoms with E-state index in [9.17, 15) is 0 Å². The predicted molar refractivity (Wildman–Crippen MR) is 86.5 cm³/mol. The summed E-state index contributed by atoms with van der Waals surface area (Å²) in [7, 11) is 0. The van der Waals surface area contributed by atoms with Gasteiger partial charge in [0, 0.05) is 12.2 Å². The molecule has 2 aromatic heterocycles. The van der Waals surface area contributed by atoms with E-state index in [1.807, 2.05) is 18.2 Å². The van der Waals surface area contributed by atoms with Gasteiger partial charge in [0.25, 0.3) is 0 Å². The lowest BCUT2D eigenvalue weighted by molar-refractivity contribution is 0.242. The van der Waals surface area contributed by atoms with Crippen LogP contribution < -0.4 is 0 Å². The normalized spacial score (nSPS) is 17.8. The van der Waals surface area contributed by atoms with Crippen LogP contribution in [-0.4, -0.2) is 19.7 Å². The number of pyridine rings is 1. The van der Waals surface area contributed by atoms with Gasteiger partial charge in [-0.3, -0.25) is 14.6 Å². The molecule has 112 valence electrons. The number of aromatic amines is 1. The van der Waals surface area contributed by atoms with Gasteiger partial charge in [0.05, 0.1) is 0 Å². The average molecular weight is 302 g/mol. The van der Waals surface area contributed by atoms with Gasteiger partial charge in [0.15, 0.2) is 10.6 Å². The topological polar surface area (TPSA) is 46.5 Å². The molecule has 0 aromatic carbocycles. The second kappa shape index (κ2) is 6.52. The molecule has 5 heteroatoms. The first-order chi connectivity index (χ1) is 10.3. The Morgan fingerprint density at radius 2 is 2.14 bits per heavy atom. The van der Waals surface area contributed by atoms with E-state index in [2.05, 4.69) is 26.7 Å². The number of H-pyrrole nitrogens is 1. The van der Waals surface area contributed by atoms with Crippen molar-refractivity contribution in [1.82, 2.24) is 19.7 Å². The number of nitrogens with one attached hydrogen (secondary N) is 1. The lowest BCUT2D eigenvalue weighted by Crippen LogP contribution is -2.22. The Labute approximate surface area is 130 Å². The van der Waals surface area contributed by atoms with Gasteiger partial charge in [-0.25, -0.2) is 0 Å². The minimum Gasteiger partial charge on any atom is -0.295 e. The molecule has 3 rings (SSSR count). The number of hydrogen-bond acceptors (Lipinski definition) is 3. The molecule has 0 radical (unpaired) electrons. The van der Waals surface area contributed by atoms with Gasteiger partial charge < -0.3 is 0 Å². The molecule has 1 N–H and O–H groups in total. The third-order valence-corrected chi connectivity index (χ3v) is 4.83. The quantitative estimate of drug-likeness (QED) is 0.844. The second-order valence-corrected chi connectivity index (χ2v) is 6.20. The van der Waals surface area contributed by atoms with Crippen LogP contribution in [0, 0.1) is 10.7 Å². The molecule has 1 unspecified atom stereocenters. The highest BCUT2D eigenvalue weighted by molar-refractivity contribution is 7.71. The van der Waals surface area contributed by atoms with Gasteiger partial charge >= 0.3 is 0 Å². The predicted octanol–water partition coefficient (Wildman–Crippen LogP) is 4.53. The number of hydrogen-bond donors (Lipinski definition) is 1. The largest absolute Gasteiger partial charge is 0.295 e. The zero-order valence-electron chi connectivity index (χ0n) is 12.5. The summed E-state index contributed by atoms with van der Waals surface area (Å²) in [6.45, 7) is 2.25. The molecule has 0 bridgehead atoms. The molecule has 1 aliphatic carbocycles. The van der Waals surface area contributed by atoms with E-state index in [1.54, 1.807) is 6.20 Å². The van der Waals surface area contributed by atoms with Crippen molar-refractivity contribution >= 4 is 12.2 Å². The van der Waals surface area contributed by atoms with Crippen LogP contribution in [0.5, 0.6) is 0 Å². The summed E-state index contributed by atoms with van der Waals surface area (Å²) in [5, 5.41) is 7.40. The molecular formula is C16H22N4S. The standard InChI is InChI=1S/C16H22N4S/c1-2-14(12-8-4-3-5-9-12)20-15(18-19-16(20)21)13-10-6-7-11-17-13/h6-7,10-12,14H,2-5,8-9H2,1H3,(H,19,21). The molecule has 1 fully saturated rings. The third-order valence-electron chi connectivity index (χ3n) is 4.54. The van der Waals surface area contributed by atoms with Crippen molar-refractivity contribution in [2.24, 2.45) is 5.92 Å². The third kappa shape index (κ3) is 2.93. The fourth-order valence-electron chi connectivity index (χ4n) is 3.53. The summed E-state index contributed by atoms with van der Waals surface area (Å²) in [4.78, 5) is 4.44. The van der Waals surface area contributed by atoms with E-state index < -0.39 is 0 Å². The lowest BCUT2D eigenvalue weighted by Gasteiger charge is -2.31. The smallest absolute Gasteiger partial charge is 0.195 e. The van der Waals surface area contributed by atoms with E-state index in [-0.39, 0.29) is 0 Å². The van der Waals surface area contributed by atoms with Crippen LogP contribution >= 0.6 is 12.2 Å². The summed E-state index contributed by atoms with van der Waals surface area (Å²) in [5.41, 5.74) is 0.888. The molecular weight excluding hydrogens is 280 g/mol. The Bertz CT molecular complexity index is 625. The number of aromatic nitrogens is 4. The van der Waals surface area contributed by atoms with Gasteiger partial charge in [-0.05, 0) is 49.5 Å². The maximum atomic E-state index is 5.50. The summed E-state index contributed by atoms with van der Waals surface area (Å²) in [5.74, 6) is 1.58. The summed E-state index contributed by atoms with van der Waals surface area (Å²) >= 11 is 5.50. The molecule has 1 aliphatic rings. The number of rotatable bonds is 4. The van der Waals surface area contributed by atoms with Crippen LogP contribution in [0.25, 0.3) is 11.5 Å². The molecule has 0 aliphatic heterocycles. The van der Waals surface area contributed by atoms with Crippen molar-refractivity contribution in [1.29, 1.82) is 0 Å². The van der Waals surface area contributed by atoms with Crippen molar-refractivity contribution in [3.8, 4) is 11.5 Å². The molecule has 4 nitrogen and oxygen atoms in total. The van der Waals surface area contributed by atoms with Gasteiger partial charge in [-0.15, -0.1) is 0 Å². The molecule has 1 atom stereocenters. The SMILES string of the molecule is CCC(C1CCCCC1)n1c(-c2ccccn2)n[nH]c1=S. The van der Waals surface area contributed by atoms with Gasteiger partial charge in [-0.2, -0.15) is 5.10 Å². The van der Waals surface area contributed by atoms with E-state index in [0.29, 0.717) is 16.7 Å². The van der Waals surface area contributed by atoms with Crippen LogP contribution in [0.4, 0.5) is 0 Å². The second-order valence-electron chi connectivity index (χ2n) is 5.81. The molecule has 0 spiro atoms. The maximum absolute atomic E-state index is 5.50. The Morgan fingerprint density at radius 1 is 1.33 bits per heavy atom. The highest BCUT2D eigenvalue weighted by atomic mass is 32.1. The van der Waals surface area contributed by atoms with Crippen molar-refractivity contribution in [2.45, 2.75) is 51.5 Å². The molecule has 1 saturated carbocycles. The van der Waals surface area contributed by atoms with Crippen molar-refractivity contribution in [2.75, 3.05) is 0 Å². The zero-order chi connectivity index (χ0) is 14.7. The molecule has 0 saturated heterocycles. The zero-order valence-corrected chi connectivity index (χ0v) is 13.3. The Balaban J connectivity index is 2.00. The van der Waals surface area contributed by atoms with Crippen LogP contribution in [0.15, 0.2) is 24.4 Å². The minimum atomic E-state index is 0.425. The summed E-state index contributed by atoms with van der Waals surface area (Å²) in [6, 6.07) is 6.34. The van der Waals surface area contributed by atoms with Crippen LogP contribution in [-0.2, 0) is 0 Å². The van der Waals surface area contributed by atoms with Crippen molar-refractivity contribution < 1.29 is 0 Å². The van der Waals surface area contributed by atoms with E-state index in [0.717, 1.165) is 17.9 Å². The van der Waals surface area contributed by atoms with E-state index in [4.69, 9.17) is 12.2 Å². The maximum Gasteiger partial charge on any atom is 0.195 e. The van der Waals surface area contributed by atoms with Crippen molar-refractivity contribution in [3.05, 3.63) is 29.2 Å². The number of nitrogens with zero attached hydrogens (tertiary/aromatic N) is 3. The highest BCUT2D eigenvalue weighted by Gasteiger charge is 2.27. The minimum absolute atomic E-state index is 0.425. The Morgan fingerprint density at radius 3 is 2.81 bits per heavy atom. The summed E-state index contributed by atoms with van der Waals surface area (Å²) in [6.07, 6.45) is 9.53. The molecule has 0 amide bonds. The lowest BCUT2D eigenvalue weighted by atomic mass is 9.82. The van der Waals surface area contributed by atoms with E-state index in [1.165, 1.54) is 32.1 Å². The first kappa shape index (κ1) is 14.4. The van der Waals surface area contributed by atoms with Crippen LogP contribution in [0.3, 0.4) is 0 Å². The fraction of sp³-hybridized carbons (Fsp3) is 0.562. The van der Waals surface area contributed by atoms with Gasteiger partial charge in [-0.1, -0.05) is 32.3 Å². The van der Waals surface area contributed by atoms with E-state index >= 15 is 0 Å².